The van der Waals surface area contributed by atoms with Crippen molar-refractivity contribution in [1.82, 2.24) is 10.2 Å². The monoisotopic (exact) mass is 310 g/mol. The number of likely N-dealkylation sites (N-methyl/N-ethyl adjacent to an activating group) is 1. The molecule has 1 unspecified atom stereocenters. The third-order valence-electron chi connectivity index (χ3n) is 3.97. The first-order valence-electron chi connectivity index (χ1n) is 8.00. The molecule has 0 radical (unpaired) electrons. The maximum atomic E-state index is 6.26. The van der Waals surface area contributed by atoms with Crippen molar-refractivity contribution in [2.75, 3.05) is 19.6 Å². The molecule has 1 heterocycles. The average Bonchev–Trinajstić information content (AvgIpc) is 2.89. The van der Waals surface area contributed by atoms with Gasteiger partial charge in [-0.15, -0.1) is 0 Å². The first-order chi connectivity index (χ1) is 10.1. The van der Waals surface area contributed by atoms with Crippen molar-refractivity contribution in [3.63, 3.8) is 0 Å². The third kappa shape index (κ3) is 4.87. The van der Waals surface area contributed by atoms with Crippen molar-refractivity contribution in [2.45, 2.75) is 52.3 Å². The molecule has 0 saturated carbocycles. The molecule has 1 aromatic rings. The van der Waals surface area contributed by atoms with Crippen LogP contribution in [-0.4, -0.2) is 36.7 Å². The van der Waals surface area contributed by atoms with Crippen LogP contribution in [0.1, 0.15) is 39.2 Å². The van der Waals surface area contributed by atoms with Crippen molar-refractivity contribution >= 4 is 11.6 Å². The zero-order valence-corrected chi connectivity index (χ0v) is 14.1. The van der Waals surface area contributed by atoms with Crippen molar-refractivity contribution in [2.24, 2.45) is 0 Å². The van der Waals surface area contributed by atoms with Crippen LogP contribution < -0.4 is 10.1 Å². The van der Waals surface area contributed by atoms with E-state index in [1.165, 1.54) is 24.9 Å². The van der Waals surface area contributed by atoms with Gasteiger partial charge >= 0.3 is 0 Å². The van der Waals surface area contributed by atoms with Crippen LogP contribution in [0, 0.1) is 0 Å². The van der Waals surface area contributed by atoms with E-state index < -0.39 is 0 Å². The third-order valence-corrected chi connectivity index (χ3v) is 4.27. The number of ether oxygens (including phenoxy) is 1. The van der Waals surface area contributed by atoms with Gasteiger partial charge in [0.15, 0.2) is 0 Å². The maximum absolute atomic E-state index is 6.26. The van der Waals surface area contributed by atoms with E-state index in [9.17, 15) is 0 Å². The Morgan fingerprint density at radius 2 is 2.24 bits per heavy atom. The van der Waals surface area contributed by atoms with Gasteiger partial charge in [-0.3, -0.25) is 4.90 Å². The standard InChI is InChI=1S/C17H27ClN2O/c1-4-20-9-5-6-15(20)12-19-11-14-7-8-17(16(18)10-14)21-13(2)3/h7-8,10,13,15,19H,4-6,9,11-12H2,1-3H3. The molecule has 1 aliphatic rings. The number of nitrogens with one attached hydrogen (secondary N) is 1. The second-order valence-electron chi connectivity index (χ2n) is 5.99. The van der Waals surface area contributed by atoms with Crippen LogP contribution in [0.4, 0.5) is 0 Å². The molecule has 3 nitrogen and oxygen atoms in total. The van der Waals surface area contributed by atoms with Crippen LogP contribution in [0.15, 0.2) is 18.2 Å². The number of hydrogen-bond donors (Lipinski definition) is 1. The summed E-state index contributed by atoms with van der Waals surface area (Å²) in [7, 11) is 0. The zero-order chi connectivity index (χ0) is 15.2. The van der Waals surface area contributed by atoms with E-state index in [-0.39, 0.29) is 6.10 Å². The second-order valence-corrected chi connectivity index (χ2v) is 6.39. The first-order valence-corrected chi connectivity index (χ1v) is 8.37. The molecular formula is C17H27ClN2O. The lowest BCUT2D eigenvalue weighted by Gasteiger charge is -2.23. The van der Waals surface area contributed by atoms with Gasteiger partial charge in [-0.25, -0.2) is 0 Å². The summed E-state index contributed by atoms with van der Waals surface area (Å²) in [5.74, 6) is 0.767. The predicted molar refractivity (Wildman–Crippen MR) is 89.2 cm³/mol. The molecule has 0 aromatic heterocycles. The predicted octanol–water partition coefficient (Wildman–Crippen LogP) is 3.70. The molecule has 1 saturated heterocycles. The number of hydrogen-bond acceptors (Lipinski definition) is 3. The number of likely N-dealkylation sites (tertiary alicyclic amines) is 1. The second kappa shape index (κ2) is 8.02. The summed E-state index contributed by atoms with van der Waals surface area (Å²) in [6, 6.07) is 6.74. The number of rotatable bonds is 7. The van der Waals surface area contributed by atoms with Gasteiger partial charge in [0.05, 0.1) is 11.1 Å². The molecule has 118 valence electrons. The molecule has 2 rings (SSSR count). The van der Waals surface area contributed by atoms with E-state index in [2.05, 4.69) is 23.2 Å². The molecule has 1 N–H and O–H groups in total. The molecule has 0 spiro atoms. The Bertz CT molecular complexity index is 450. The van der Waals surface area contributed by atoms with Gasteiger partial charge in [-0.1, -0.05) is 24.6 Å². The Morgan fingerprint density at radius 1 is 1.43 bits per heavy atom. The minimum atomic E-state index is 0.147. The molecule has 0 amide bonds. The molecule has 1 fully saturated rings. The fraction of sp³-hybridized carbons (Fsp3) is 0.647. The molecule has 1 aromatic carbocycles. The summed E-state index contributed by atoms with van der Waals surface area (Å²) >= 11 is 6.26. The Morgan fingerprint density at radius 3 is 2.90 bits per heavy atom. The SMILES string of the molecule is CCN1CCCC1CNCc1ccc(OC(C)C)c(Cl)c1. The fourth-order valence-electron chi connectivity index (χ4n) is 2.93. The lowest BCUT2D eigenvalue weighted by Crippen LogP contribution is -2.37. The van der Waals surface area contributed by atoms with Crippen LogP contribution in [0.2, 0.25) is 5.02 Å². The summed E-state index contributed by atoms with van der Waals surface area (Å²) in [6.45, 7) is 10.6. The van der Waals surface area contributed by atoms with Gasteiger partial charge in [0, 0.05) is 19.1 Å². The van der Waals surface area contributed by atoms with Crippen molar-refractivity contribution in [1.29, 1.82) is 0 Å². The summed E-state index contributed by atoms with van der Waals surface area (Å²) in [5.41, 5.74) is 1.21. The van der Waals surface area contributed by atoms with E-state index in [1.54, 1.807) is 0 Å². The van der Waals surface area contributed by atoms with E-state index in [4.69, 9.17) is 16.3 Å². The van der Waals surface area contributed by atoms with Crippen LogP contribution in [-0.2, 0) is 6.54 Å². The minimum Gasteiger partial charge on any atom is -0.489 e. The van der Waals surface area contributed by atoms with Gasteiger partial charge in [-0.2, -0.15) is 0 Å². The molecule has 0 bridgehead atoms. The highest BCUT2D eigenvalue weighted by Gasteiger charge is 2.22. The Kier molecular flexibility index (Phi) is 6.34. The number of benzene rings is 1. The molecule has 21 heavy (non-hydrogen) atoms. The average molecular weight is 311 g/mol. The Labute approximate surface area is 133 Å². The highest BCUT2D eigenvalue weighted by Crippen LogP contribution is 2.26. The quantitative estimate of drug-likeness (QED) is 0.831. The van der Waals surface area contributed by atoms with Crippen molar-refractivity contribution < 1.29 is 4.74 Å². The fourth-order valence-corrected chi connectivity index (χ4v) is 3.18. The highest BCUT2D eigenvalue weighted by atomic mass is 35.5. The minimum absolute atomic E-state index is 0.147. The summed E-state index contributed by atoms with van der Waals surface area (Å²) < 4.78 is 5.66. The molecule has 4 heteroatoms. The van der Waals surface area contributed by atoms with E-state index >= 15 is 0 Å². The molecule has 0 aliphatic carbocycles. The van der Waals surface area contributed by atoms with Crippen LogP contribution in [0.25, 0.3) is 0 Å². The van der Waals surface area contributed by atoms with E-state index in [1.807, 2.05) is 26.0 Å². The van der Waals surface area contributed by atoms with E-state index in [0.717, 1.165) is 25.4 Å². The Hall–Kier alpha value is -0.770. The Balaban J connectivity index is 1.82. The van der Waals surface area contributed by atoms with Crippen LogP contribution in [0.5, 0.6) is 5.75 Å². The normalized spacial score (nSPS) is 19.4. The lowest BCUT2D eigenvalue weighted by atomic mass is 10.2. The van der Waals surface area contributed by atoms with Gasteiger partial charge in [0.2, 0.25) is 0 Å². The maximum Gasteiger partial charge on any atom is 0.138 e. The smallest absolute Gasteiger partial charge is 0.138 e. The lowest BCUT2D eigenvalue weighted by molar-refractivity contribution is 0.242. The largest absolute Gasteiger partial charge is 0.489 e. The van der Waals surface area contributed by atoms with Crippen molar-refractivity contribution in [3.05, 3.63) is 28.8 Å². The summed E-state index contributed by atoms with van der Waals surface area (Å²) in [5, 5.41) is 4.25. The molecular weight excluding hydrogens is 284 g/mol. The molecule has 1 atom stereocenters. The van der Waals surface area contributed by atoms with Crippen LogP contribution in [0.3, 0.4) is 0 Å². The van der Waals surface area contributed by atoms with Gasteiger partial charge < -0.3 is 10.1 Å². The van der Waals surface area contributed by atoms with Gasteiger partial charge in [-0.05, 0) is 57.5 Å². The number of halogens is 1. The van der Waals surface area contributed by atoms with Gasteiger partial charge in [0.25, 0.3) is 0 Å². The first kappa shape index (κ1) is 16.6. The number of nitrogens with zero attached hydrogens (tertiary/aromatic N) is 1. The summed E-state index contributed by atoms with van der Waals surface area (Å²) in [4.78, 5) is 2.56. The summed E-state index contributed by atoms with van der Waals surface area (Å²) in [6.07, 6.45) is 2.78. The highest BCUT2D eigenvalue weighted by molar-refractivity contribution is 6.32. The van der Waals surface area contributed by atoms with Crippen molar-refractivity contribution in [3.8, 4) is 5.75 Å². The van der Waals surface area contributed by atoms with E-state index in [0.29, 0.717) is 11.1 Å². The zero-order valence-electron chi connectivity index (χ0n) is 13.4. The van der Waals surface area contributed by atoms with Crippen LogP contribution >= 0.6 is 11.6 Å². The molecule has 1 aliphatic heterocycles. The topological polar surface area (TPSA) is 24.5 Å². The van der Waals surface area contributed by atoms with Gasteiger partial charge in [0.1, 0.15) is 5.75 Å².